The van der Waals surface area contributed by atoms with Gasteiger partial charge in [0.2, 0.25) is 0 Å². The summed E-state index contributed by atoms with van der Waals surface area (Å²) in [5.74, 6) is 0.628. The molecule has 0 bridgehead atoms. The van der Waals surface area contributed by atoms with Gasteiger partial charge in [-0.05, 0) is 17.7 Å². The summed E-state index contributed by atoms with van der Waals surface area (Å²) in [7, 11) is 0. The van der Waals surface area contributed by atoms with Gasteiger partial charge in [0, 0.05) is 10.6 Å². The van der Waals surface area contributed by atoms with Crippen LogP contribution in [0, 0.1) is 0 Å². The van der Waals surface area contributed by atoms with Gasteiger partial charge in [0.05, 0.1) is 4.91 Å². The Hall–Kier alpha value is -2.24. The summed E-state index contributed by atoms with van der Waals surface area (Å²) >= 11 is 7.57. The number of fused-ring (bicyclic) bond motifs is 1. The molecule has 0 radical (unpaired) electrons. The van der Waals surface area contributed by atoms with Crippen LogP contribution in [0.3, 0.4) is 0 Å². The van der Waals surface area contributed by atoms with Crippen molar-refractivity contribution in [2.75, 3.05) is 0 Å². The van der Waals surface area contributed by atoms with E-state index in [-0.39, 0.29) is 11.4 Å². The molecule has 6 heteroatoms. The van der Waals surface area contributed by atoms with Crippen LogP contribution < -0.4 is 5.43 Å². The zero-order chi connectivity index (χ0) is 15.8. The molecule has 1 fully saturated rings. The number of nitrogens with one attached hydrogen (secondary N) is 1. The topological polar surface area (TPSA) is 44.7 Å². The van der Waals surface area contributed by atoms with Gasteiger partial charge in [-0.25, -0.2) is 10.0 Å². The van der Waals surface area contributed by atoms with Gasteiger partial charge in [-0.15, -0.1) is 0 Å². The molecule has 0 spiro atoms. The summed E-state index contributed by atoms with van der Waals surface area (Å²) in [4.78, 5) is 17.8. The molecular formula is C17H12ClN3OS. The Morgan fingerprint density at radius 1 is 1.13 bits per heavy atom. The van der Waals surface area contributed by atoms with Crippen LogP contribution in [0.5, 0.6) is 0 Å². The Bertz CT molecular complexity index is 835. The molecule has 2 aliphatic heterocycles. The minimum Gasteiger partial charge on any atom is -0.276 e. The van der Waals surface area contributed by atoms with Crippen LogP contribution in [0.2, 0.25) is 5.02 Å². The standard InChI is InChI=1S/C17H12ClN3OS/c18-13-9-5-4-8-12(13)10-14-16(22)21-17(23-14)19-15(20-21)11-6-2-1-3-7-11/h1-10,17H,(H,19,20)/b14-10-/t17-/m1/s1. The van der Waals surface area contributed by atoms with E-state index in [0.29, 0.717) is 15.8 Å². The molecule has 4 rings (SSSR count). The Morgan fingerprint density at radius 3 is 2.61 bits per heavy atom. The number of amides is 1. The number of hydrazine groups is 1. The van der Waals surface area contributed by atoms with Gasteiger partial charge in [0.1, 0.15) is 5.84 Å². The van der Waals surface area contributed by atoms with Crippen molar-refractivity contribution in [1.82, 2.24) is 10.4 Å². The van der Waals surface area contributed by atoms with Crippen molar-refractivity contribution in [2.24, 2.45) is 4.99 Å². The molecule has 1 N–H and O–H groups in total. The summed E-state index contributed by atoms with van der Waals surface area (Å²) in [6.45, 7) is 0. The van der Waals surface area contributed by atoms with Gasteiger partial charge in [-0.2, -0.15) is 0 Å². The van der Waals surface area contributed by atoms with E-state index < -0.39 is 0 Å². The van der Waals surface area contributed by atoms with Gasteiger partial charge in [-0.1, -0.05) is 71.9 Å². The molecule has 0 saturated carbocycles. The van der Waals surface area contributed by atoms with Crippen molar-refractivity contribution in [3.05, 3.63) is 75.7 Å². The molecule has 23 heavy (non-hydrogen) atoms. The maximum Gasteiger partial charge on any atom is 0.281 e. The van der Waals surface area contributed by atoms with Crippen LogP contribution in [0.4, 0.5) is 0 Å². The van der Waals surface area contributed by atoms with Gasteiger partial charge >= 0.3 is 0 Å². The lowest BCUT2D eigenvalue weighted by atomic mass is 10.2. The lowest BCUT2D eigenvalue weighted by molar-refractivity contribution is -0.127. The van der Waals surface area contributed by atoms with Crippen LogP contribution in [-0.4, -0.2) is 22.2 Å². The fourth-order valence-corrected chi connectivity index (χ4v) is 3.67. The van der Waals surface area contributed by atoms with Gasteiger partial charge in [-0.3, -0.25) is 10.2 Å². The third kappa shape index (κ3) is 2.62. The second kappa shape index (κ2) is 5.76. The fraction of sp³-hybridized carbons (Fsp3) is 0.0588. The molecule has 1 atom stereocenters. The number of thioether (sulfide) groups is 1. The van der Waals surface area contributed by atoms with Gasteiger partial charge in [0.25, 0.3) is 5.91 Å². The van der Waals surface area contributed by atoms with Crippen LogP contribution in [0.15, 0.2) is 64.5 Å². The van der Waals surface area contributed by atoms with Crippen molar-refractivity contribution >= 4 is 41.2 Å². The first kappa shape index (κ1) is 14.4. The van der Waals surface area contributed by atoms with Crippen molar-refractivity contribution in [3.63, 3.8) is 0 Å². The number of aliphatic imine (C=N–C) groups is 1. The monoisotopic (exact) mass is 341 g/mol. The zero-order valence-corrected chi connectivity index (χ0v) is 13.5. The van der Waals surface area contributed by atoms with E-state index in [0.717, 1.165) is 11.1 Å². The normalized spacial score (nSPS) is 21.3. The average molecular weight is 342 g/mol. The minimum atomic E-state index is -0.272. The number of amidine groups is 1. The average Bonchev–Trinajstić information content (AvgIpc) is 3.11. The Kier molecular flexibility index (Phi) is 3.59. The number of benzene rings is 2. The zero-order valence-electron chi connectivity index (χ0n) is 11.9. The second-order valence-electron chi connectivity index (χ2n) is 5.10. The molecule has 2 aromatic rings. The largest absolute Gasteiger partial charge is 0.281 e. The number of carbonyl (C=O) groups excluding carboxylic acids is 1. The number of carbonyl (C=O) groups is 1. The Labute approximate surface area is 142 Å². The Balaban J connectivity index is 1.60. The van der Waals surface area contributed by atoms with E-state index in [2.05, 4.69) is 10.4 Å². The fourth-order valence-electron chi connectivity index (χ4n) is 2.44. The highest BCUT2D eigenvalue weighted by atomic mass is 35.5. The molecular weight excluding hydrogens is 330 g/mol. The number of hydrogen-bond acceptors (Lipinski definition) is 4. The maximum atomic E-state index is 12.5. The van der Waals surface area contributed by atoms with E-state index in [1.165, 1.54) is 11.8 Å². The first-order valence-corrected chi connectivity index (χ1v) is 8.34. The molecule has 2 aliphatic rings. The maximum absolute atomic E-state index is 12.5. The minimum absolute atomic E-state index is 0.0883. The third-order valence-electron chi connectivity index (χ3n) is 3.59. The van der Waals surface area contributed by atoms with E-state index in [4.69, 9.17) is 11.6 Å². The molecule has 0 aromatic heterocycles. The summed E-state index contributed by atoms with van der Waals surface area (Å²) < 4.78 is 0. The number of nitrogens with zero attached hydrogens (tertiary/aromatic N) is 2. The molecule has 4 nitrogen and oxygen atoms in total. The lowest BCUT2D eigenvalue weighted by Gasteiger charge is -2.13. The smallest absolute Gasteiger partial charge is 0.276 e. The lowest BCUT2D eigenvalue weighted by Crippen LogP contribution is -2.40. The molecule has 1 saturated heterocycles. The summed E-state index contributed by atoms with van der Waals surface area (Å²) in [6, 6.07) is 17.2. The molecule has 2 heterocycles. The molecule has 2 aromatic carbocycles. The highest BCUT2D eigenvalue weighted by Gasteiger charge is 2.41. The van der Waals surface area contributed by atoms with Crippen molar-refractivity contribution in [1.29, 1.82) is 0 Å². The number of hydrogen-bond donors (Lipinski definition) is 1. The predicted molar refractivity (Wildman–Crippen MR) is 93.8 cm³/mol. The van der Waals surface area contributed by atoms with Crippen molar-refractivity contribution in [3.8, 4) is 0 Å². The van der Waals surface area contributed by atoms with Crippen molar-refractivity contribution < 1.29 is 4.79 Å². The third-order valence-corrected chi connectivity index (χ3v) is 5.01. The Morgan fingerprint density at radius 2 is 1.87 bits per heavy atom. The first-order valence-electron chi connectivity index (χ1n) is 7.09. The molecule has 0 unspecified atom stereocenters. The van der Waals surface area contributed by atoms with E-state index in [9.17, 15) is 4.79 Å². The second-order valence-corrected chi connectivity index (χ2v) is 6.61. The number of halogens is 1. The van der Waals surface area contributed by atoms with Gasteiger partial charge < -0.3 is 0 Å². The van der Waals surface area contributed by atoms with Crippen LogP contribution in [0.25, 0.3) is 6.08 Å². The van der Waals surface area contributed by atoms with E-state index >= 15 is 0 Å². The SMILES string of the molecule is O=C1/C(=C/c2ccccc2Cl)S[C@@H]2N=C(c3ccccc3)NN12. The summed E-state index contributed by atoms with van der Waals surface area (Å²) in [5, 5.41) is 2.18. The van der Waals surface area contributed by atoms with Crippen LogP contribution in [-0.2, 0) is 4.79 Å². The highest BCUT2D eigenvalue weighted by Crippen LogP contribution is 2.38. The van der Waals surface area contributed by atoms with E-state index in [1.807, 2.05) is 60.7 Å². The first-order chi connectivity index (χ1) is 11.2. The molecule has 1 amide bonds. The highest BCUT2D eigenvalue weighted by molar-refractivity contribution is 8.05. The summed E-state index contributed by atoms with van der Waals surface area (Å²) in [6.07, 6.45) is 1.81. The summed E-state index contributed by atoms with van der Waals surface area (Å²) in [5.41, 5.74) is 4.61. The number of rotatable bonds is 2. The van der Waals surface area contributed by atoms with Crippen molar-refractivity contribution in [2.45, 2.75) is 5.50 Å². The van der Waals surface area contributed by atoms with Gasteiger partial charge in [0.15, 0.2) is 5.50 Å². The molecule has 114 valence electrons. The van der Waals surface area contributed by atoms with Crippen LogP contribution in [0.1, 0.15) is 11.1 Å². The van der Waals surface area contributed by atoms with E-state index in [1.54, 1.807) is 5.01 Å². The quantitative estimate of drug-likeness (QED) is 0.850. The molecule has 0 aliphatic carbocycles. The van der Waals surface area contributed by atoms with Crippen LogP contribution >= 0.6 is 23.4 Å². The predicted octanol–water partition coefficient (Wildman–Crippen LogP) is 3.50.